The molecule has 0 amide bonds. The lowest BCUT2D eigenvalue weighted by molar-refractivity contribution is -0.120. The van der Waals surface area contributed by atoms with Gasteiger partial charge in [0.25, 0.3) is 0 Å². The molecule has 20 heavy (non-hydrogen) atoms. The van der Waals surface area contributed by atoms with Gasteiger partial charge in [-0.1, -0.05) is 19.8 Å². The van der Waals surface area contributed by atoms with E-state index in [1.54, 1.807) is 0 Å². The first-order valence-corrected chi connectivity index (χ1v) is 8.28. The quantitative estimate of drug-likeness (QED) is 0.743. The van der Waals surface area contributed by atoms with Crippen LogP contribution in [0.2, 0.25) is 0 Å². The van der Waals surface area contributed by atoms with E-state index in [0.29, 0.717) is 5.92 Å². The zero-order valence-corrected chi connectivity index (χ0v) is 13.8. The predicted molar refractivity (Wildman–Crippen MR) is 83.9 cm³/mol. The molecule has 0 bridgehead atoms. The van der Waals surface area contributed by atoms with Crippen molar-refractivity contribution in [2.24, 2.45) is 11.3 Å². The molecule has 0 aromatic carbocycles. The molecule has 0 aromatic heterocycles. The van der Waals surface area contributed by atoms with E-state index in [2.05, 4.69) is 37.5 Å². The third kappa shape index (κ3) is 3.82. The van der Waals surface area contributed by atoms with Gasteiger partial charge in [0.05, 0.1) is 0 Å². The molecule has 1 aliphatic carbocycles. The van der Waals surface area contributed by atoms with Gasteiger partial charge in [0, 0.05) is 43.7 Å². The minimum Gasteiger partial charge on any atom is -0.303 e. The van der Waals surface area contributed by atoms with E-state index in [0.717, 1.165) is 45.6 Å². The van der Waals surface area contributed by atoms with Crippen molar-refractivity contribution in [2.45, 2.75) is 58.9 Å². The van der Waals surface area contributed by atoms with Gasteiger partial charge >= 0.3 is 0 Å². The van der Waals surface area contributed by atoms with Crippen molar-refractivity contribution < 1.29 is 4.79 Å². The molecule has 2 rings (SSSR count). The van der Waals surface area contributed by atoms with Gasteiger partial charge in [-0.25, -0.2) is 0 Å². The Hall–Kier alpha value is -0.410. The third-order valence-corrected chi connectivity index (χ3v) is 5.24. The zero-order valence-electron chi connectivity index (χ0n) is 13.8. The van der Waals surface area contributed by atoms with Crippen molar-refractivity contribution in [1.29, 1.82) is 0 Å². The molecule has 1 heterocycles. The molecular formula is C17H32N2O. The molecule has 0 N–H and O–H groups in total. The Labute approximate surface area is 124 Å². The average molecular weight is 280 g/mol. The lowest BCUT2D eigenvalue weighted by Gasteiger charge is -2.45. The maximum Gasteiger partial charge on any atom is 0.127 e. The van der Waals surface area contributed by atoms with Crippen LogP contribution in [-0.2, 0) is 4.79 Å². The molecule has 2 fully saturated rings. The van der Waals surface area contributed by atoms with Gasteiger partial charge in [-0.2, -0.15) is 0 Å². The Bertz CT molecular complexity index is 328. The number of carbonyl (C=O) groups excluding carboxylic acids is 1. The van der Waals surface area contributed by atoms with Crippen LogP contribution in [0.4, 0.5) is 0 Å². The Kier molecular flexibility index (Phi) is 4.91. The van der Waals surface area contributed by atoms with Crippen LogP contribution < -0.4 is 0 Å². The van der Waals surface area contributed by atoms with Crippen LogP contribution in [0.25, 0.3) is 0 Å². The first-order chi connectivity index (χ1) is 9.35. The molecule has 116 valence electrons. The van der Waals surface area contributed by atoms with Gasteiger partial charge < -0.3 is 4.79 Å². The number of aldehydes is 1. The monoisotopic (exact) mass is 280 g/mol. The SMILES string of the molecule is CC1CCCC(C=O)(CN2CCN(C(C)(C)C)CC2)C1. The normalized spacial score (nSPS) is 34.1. The summed E-state index contributed by atoms with van der Waals surface area (Å²) in [6, 6.07) is 0. The number of carbonyl (C=O) groups is 1. The van der Waals surface area contributed by atoms with Crippen LogP contribution in [0.15, 0.2) is 0 Å². The van der Waals surface area contributed by atoms with Gasteiger partial charge in [-0.3, -0.25) is 9.80 Å². The van der Waals surface area contributed by atoms with E-state index in [-0.39, 0.29) is 11.0 Å². The Morgan fingerprint density at radius 2 is 1.85 bits per heavy atom. The van der Waals surface area contributed by atoms with Crippen LogP contribution in [-0.4, -0.2) is 54.3 Å². The fourth-order valence-corrected chi connectivity index (χ4v) is 4.01. The molecule has 3 nitrogen and oxygen atoms in total. The number of hydrogen-bond acceptors (Lipinski definition) is 3. The van der Waals surface area contributed by atoms with E-state index >= 15 is 0 Å². The standard InChI is InChI=1S/C17H32N2O/c1-15-6-5-7-17(12-15,14-20)13-18-8-10-19(11-9-18)16(2,3)4/h14-15H,5-13H2,1-4H3. The summed E-state index contributed by atoms with van der Waals surface area (Å²) in [4.78, 5) is 16.8. The highest BCUT2D eigenvalue weighted by molar-refractivity contribution is 5.60. The predicted octanol–water partition coefficient (Wildman–Crippen LogP) is 2.80. The van der Waals surface area contributed by atoms with E-state index in [1.807, 2.05) is 0 Å². The Balaban J connectivity index is 1.89. The average Bonchev–Trinajstić information content (AvgIpc) is 2.38. The highest BCUT2D eigenvalue weighted by atomic mass is 16.1. The largest absolute Gasteiger partial charge is 0.303 e. The molecular weight excluding hydrogens is 248 g/mol. The molecule has 2 atom stereocenters. The van der Waals surface area contributed by atoms with Crippen LogP contribution in [0.5, 0.6) is 0 Å². The highest BCUT2D eigenvalue weighted by Crippen LogP contribution is 2.38. The summed E-state index contributed by atoms with van der Waals surface area (Å²) in [6.07, 6.45) is 5.99. The van der Waals surface area contributed by atoms with Crippen LogP contribution in [0, 0.1) is 11.3 Å². The van der Waals surface area contributed by atoms with Gasteiger partial charge in [0.15, 0.2) is 0 Å². The second-order valence-corrected chi connectivity index (χ2v) is 8.12. The number of hydrogen-bond donors (Lipinski definition) is 0. The second kappa shape index (κ2) is 6.15. The van der Waals surface area contributed by atoms with E-state index in [9.17, 15) is 4.79 Å². The summed E-state index contributed by atoms with van der Waals surface area (Å²) in [5.41, 5.74) is 0.218. The van der Waals surface area contributed by atoms with E-state index < -0.39 is 0 Å². The first kappa shape index (κ1) is 16.0. The summed E-state index contributed by atoms with van der Waals surface area (Å²) in [6.45, 7) is 14.6. The summed E-state index contributed by atoms with van der Waals surface area (Å²) < 4.78 is 0. The zero-order chi connectivity index (χ0) is 14.8. The second-order valence-electron chi connectivity index (χ2n) is 8.12. The molecule has 0 spiro atoms. The van der Waals surface area contributed by atoms with Crippen LogP contribution in [0.3, 0.4) is 0 Å². The van der Waals surface area contributed by atoms with Gasteiger partial charge in [0.2, 0.25) is 0 Å². The molecule has 3 heteroatoms. The molecule has 1 saturated heterocycles. The maximum atomic E-state index is 11.7. The number of rotatable bonds is 3. The first-order valence-electron chi connectivity index (χ1n) is 8.28. The van der Waals surface area contributed by atoms with Crippen molar-refractivity contribution in [3.8, 4) is 0 Å². The fraction of sp³-hybridized carbons (Fsp3) is 0.941. The van der Waals surface area contributed by atoms with Crippen LogP contribution in [0.1, 0.15) is 53.4 Å². The van der Waals surface area contributed by atoms with E-state index in [1.165, 1.54) is 19.1 Å². The molecule has 0 aromatic rings. The lowest BCUT2D eigenvalue weighted by Crippen LogP contribution is -2.55. The van der Waals surface area contributed by atoms with Crippen molar-refractivity contribution in [3.05, 3.63) is 0 Å². The fourth-order valence-electron chi connectivity index (χ4n) is 4.01. The van der Waals surface area contributed by atoms with Crippen molar-refractivity contribution in [2.75, 3.05) is 32.7 Å². The summed E-state index contributed by atoms with van der Waals surface area (Å²) in [5, 5.41) is 0. The summed E-state index contributed by atoms with van der Waals surface area (Å²) >= 11 is 0. The van der Waals surface area contributed by atoms with Gasteiger partial charge in [-0.05, 0) is 39.5 Å². The third-order valence-electron chi connectivity index (χ3n) is 5.24. The van der Waals surface area contributed by atoms with Gasteiger partial charge in [0.1, 0.15) is 6.29 Å². The smallest absolute Gasteiger partial charge is 0.127 e. The Morgan fingerprint density at radius 1 is 1.20 bits per heavy atom. The van der Waals surface area contributed by atoms with Crippen molar-refractivity contribution >= 4 is 6.29 Å². The molecule has 0 radical (unpaired) electrons. The maximum absolute atomic E-state index is 11.7. The van der Waals surface area contributed by atoms with E-state index in [4.69, 9.17) is 0 Å². The summed E-state index contributed by atoms with van der Waals surface area (Å²) in [5.74, 6) is 0.713. The molecule has 2 unspecified atom stereocenters. The minimum absolute atomic E-state index is 0.0540. The molecule has 1 saturated carbocycles. The minimum atomic E-state index is -0.0540. The molecule has 2 aliphatic rings. The van der Waals surface area contributed by atoms with Crippen LogP contribution >= 0.6 is 0 Å². The van der Waals surface area contributed by atoms with Crippen molar-refractivity contribution in [3.63, 3.8) is 0 Å². The lowest BCUT2D eigenvalue weighted by atomic mass is 9.70. The van der Waals surface area contributed by atoms with Crippen molar-refractivity contribution in [1.82, 2.24) is 9.80 Å². The Morgan fingerprint density at radius 3 is 2.35 bits per heavy atom. The topological polar surface area (TPSA) is 23.6 Å². The highest BCUT2D eigenvalue weighted by Gasteiger charge is 2.37. The number of nitrogens with zero attached hydrogens (tertiary/aromatic N) is 2. The number of piperazine rings is 1. The summed E-state index contributed by atoms with van der Waals surface area (Å²) in [7, 11) is 0. The van der Waals surface area contributed by atoms with Gasteiger partial charge in [-0.15, -0.1) is 0 Å². The molecule has 1 aliphatic heterocycles.